The zero-order chi connectivity index (χ0) is 42.8. The topological polar surface area (TPSA) is 108 Å². The van der Waals surface area contributed by atoms with E-state index in [2.05, 4.69) is 67.8 Å². The Labute approximate surface area is 359 Å². The van der Waals surface area contributed by atoms with Crippen LogP contribution in [0.1, 0.15) is 206 Å². The van der Waals surface area contributed by atoms with Gasteiger partial charge in [0.15, 0.2) is 0 Å². The van der Waals surface area contributed by atoms with E-state index in [0.29, 0.717) is 23.9 Å². The first-order valence-electron chi connectivity index (χ1n) is 24.0. The van der Waals surface area contributed by atoms with Gasteiger partial charge in [-0.15, -0.1) is 0 Å². The minimum Gasteiger partial charge on any atom is -0.756 e. The summed E-state index contributed by atoms with van der Waals surface area (Å²) in [5.74, 6) is -0.170. The average Bonchev–Trinajstić information content (AvgIpc) is 3.17. The molecule has 9 heteroatoms. The van der Waals surface area contributed by atoms with Crippen LogP contribution in [0, 0.1) is 0 Å². The number of quaternary nitrogens is 1. The number of carbonyl (C=O) groups is 1. The number of rotatable bonds is 43. The summed E-state index contributed by atoms with van der Waals surface area (Å²) in [5.41, 5.74) is 0. The lowest BCUT2D eigenvalue weighted by Gasteiger charge is -2.30. The third-order valence-electron chi connectivity index (χ3n) is 10.6. The van der Waals surface area contributed by atoms with Crippen LogP contribution in [-0.2, 0) is 18.4 Å². The van der Waals surface area contributed by atoms with Crippen LogP contribution in [0.15, 0.2) is 48.6 Å². The van der Waals surface area contributed by atoms with Gasteiger partial charge >= 0.3 is 0 Å². The normalized spacial score (nSPS) is 14.7. The van der Waals surface area contributed by atoms with Gasteiger partial charge in [0.1, 0.15) is 13.2 Å². The fourth-order valence-corrected chi connectivity index (χ4v) is 7.52. The molecule has 0 saturated carbocycles. The molecule has 0 bridgehead atoms. The van der Waals surface area contributed by atoms with Crippen LogP contribution in [0.2, 0.25) is 0 Å². The number of hydrogen-bond donors (Lipinski definition) is 2. The fraction of sp³-hybridized carbons (Fsp3) is 0.816. The maximum Gasteiger partial charge on any atom is 0.268 e. The molecule has 58 heavy (non-hydrogen) atoms. The highest BCUT2D eigenvalue weighted by molar-refractivity contribution is 7.45. The van der Waals surface area contributed by atoms with E-state index in [1.54, 1.807) is 0 Å². The highest BCUT2D eigenvalue weighted by Crippen LogP contribution is 2.38. The Morgan fingerprint density at radius 2 is 1.05 bits per heavy atom. The van der Waals surface area contributed by atoms with Gasteiger partial charge < -0.3 is 28.8 Å². The van der Waals surface area contributed by atoms with Gasteiger partial charge in [0, 0.05) is 6.42 Å². The SMILES string of the molecule is CC/C=C\C/C=C\C/C=C\C/C=C\CCCCCCCCCCCCCCCCCCC(=O)NC(COP(=O)([O-])OCC[N+](C)(C)C)C(O)CCCCCCCCC. The first-order chi connectivity index (χ1) is 28.0. The van der Waals surface area contributed by atoms with Crippen molar-refractivity contribution in [1.82, 2.24) is 5.32 Å². The molecule has 0 aliphatic rings. The van der Waals surface area contributed by atoms with Gasteiger partial charge in [0.25, 0.3) is 7.82 Å². The summed E-state index contributed by atoms with van der Waals surface area (Å²) in [7, 11) is 1.30. The molecule has 8 nitrogen and oxygen atoms in total. The summed E-state index contributed by atoms with van der Waals surface area (Å²) < 4.78 is 23.2. The van der Waals surface area contributed by atoms with Crippen molar-refractivity contribution in [2.75, 3.05) is 40.9 Å². The second kappa shape index (κ2) is 40.8. The highest BCUT2D eigenvalue weighted by atomic mass is 31.2. The quantitative estimate of drug-likeness (QED) is 0.0274. The number of phosphoric ester groups is 1. The van der Waals surface area contributed by atoms with Gasteiger partial charge in [-0.05, 0) is 51.4 Å². The van der Waals surface area contributed by atoms with Crippen molar-refractivity contribution < 1.29 is 32.9 Å². The molecule has 0 heterocycles. The third kappa shape index (κ3) is 42.6. The van der Waals surface area contributed by atoms with Gasteiger partial charge in [0.2, 0.25) is 5.91 Å². The van der Waals surface area contributed by atoms with E-state index in [4.69, 9.17) is 9.05 Å². The molecule has 0 saturated heterocycles. The van der Waals surface area contributed by atoms with E-state index in [1.807, 2.05) is 21.1 Å². The lowest BCUT2D eigenvalue weighted by molar-refractivity contribution is -0.870. The molecule has 0 radical (unpaired) electrons. The maximum absolute atomic E-state index is 12.8. The number of amides is 1. The third-order valence-corrected chi connectivity index (χ3v) is 11.5. The Bertz CT molecular complexity index is 1090. The van der Waals surface area contributed by atoms with Crippen LogP contribution in [0.5, 0.6) is 0 Å². The summed E-state index contributed by atoms with van der Waals surface area (Å²) in [6, 6.07) is -0.797. The van der Waals surface area contributed by atoms with Crippen molar-refractivity contribution in [2.45, 2.75) is 219 Å². The van der Waals surface area contributed by atoms with Crippen molar-refractivity contribution in [3.05, 3.63) is 48.6 Å². The number of allylic oxidation sites excluding steroid dienone is 8. The number of hydrogen-bond acceptors (Lipinski definition) is 6. The van der Waals surface area contributed by atoms with E-state index in [9.17, 15) is 19.4 Å². The second-order valence-corrected chi connectivity index (χ2v) is 18.8. The molecule has 0 spiro atoms. The lowest BCUT2D eigenvalue weighted by atomic mass is 10.0. The highest BCUT2D eigenvalue weighted by Gasteiger charge is 2.24. The van der Waals surface area contributed by atoms with Crippen LogP contribution in [0.3, 0.4) is 0 Å². The molecule has 0 aromatic carbocycles. The standard InChI is InChI=1S/C49H93N2O6P/c1-6-8-10-12-14-15-16-17-18-19-20-21-22-23-24-25-26-27-28-29-30-31-32-33-34-35-37-39-41-43-49(53)50-47(48(52)42-40-38-36-13-11-9-7-2)46-57-58(54,55)56-45-44-51(3,4)5/h8,10,14-15,17-18,20-21,47-48,52H,6-7,9,11-13,16,19,22-46H2,1-5H3,(H-,50,53,54,55)/b10-8-,15-14-,18-17-,21-20-. The van der Waals surface area contributed by atoms with Crippen molar-refractivity contribution in [2.24, 2.45) is 0 Å². The van der Waals surface area contributed by atoms with Crippen molar-refractivity contribution in [3.63, 3.8) is 0 Å². The minimum absolute atomic E-state index is 0.0114. The molecule has 3 atom stereocenters. The molecular weight excluding hydrogens is 744 g/mol. The molecule has 0 fully saturated rings. The zero-order valence-electron chi connectivity index (χ0n) is 38.5. The van der Waals surface area contributed by atoms with Gasteiger partial charge in [-0.2, -0.15) is 0 Å². The predicted molar refractivity (Wildman–Crippen MR) is 247 cm³/mol. The van der Waals surface area contributed by atoms with Gasteiger partial charge in [-0.1, -0.05) is 197 Å². The van der Waals surface area contributed by atoms with Crippen molar-refractivity contribution >= 4 is 13.7 Å². The van der Waals surface area contributed by atoms with Gasteiger partial charge in [-0.25, -0.2) is 0 Å². The Kier molecular flexibility index (Phi) is 39.8. The molecule has 0 rings (SSSR count). The van der Waals surface area contributed by atoms with Crippen LogP contribution in [0.4, 0.5) is 0 Å². The van der Waals surface area contributed by atoms with E-state index in [-0.39, 0.29) is 19.1 Å². The number of unbranched alkanes of at least 4 members (excludes halogenated alkanes) is 22. The van der Waals surface area contributed by atoms with E-state index in [1.165, 1.54) is 116 Å². The molecule has 340 valence electrons. The largest absolute Gasteiger partial charge is 0.756 e. The Morgan fingerprint density at radius 1 is 0.621 bits per heavy atom. The fourth-order valence-electron chi connectivity index (χ4n) is 6.80. The van der Waals surface area contributed by atoms with E-state index < -0.39 is 20.0 Å². The van der Waals surface area contributed by atoms with Crippen molar-refractivity contribution in [1.29, 1.82) is 0 Å². The molecule has 0 aromatic heterocycles. The smallest absolute Gasteiger partial charge is 0.268 e. The summed E-state index contributed by atoms with van der Waals surface area (Å²) in [6.07, 6.45) is 51.6. The number of aliphatic hydroxyl groups is 1. The average molecular weight is 837 g/mol. The number of likely N-dealkylation sites (N-methyl/N-ethyl adjacent to an activating group) is 1. The summed E-state index contributed by atoms with van der Waals surface area (Å²) in [6.45, 7) is 4.55. The summed E-state index contributed by atoms with van der Waals surface area (Å²) in [4.78, 5) is 25.2. The van der Waals surface area contributed by atoms with Gasteiger partial charge in [0.05, 0.1) is 39.9 Å². The zero-order valence-corrected chi connectivity index (χ0v) is 39.4. The molecule has 2 N–H and O–H groups in total. The molecule has 0 aromatic rings. The van der Waals surface area contributed by atoms with Gasteiger partial charge in [-0.3, -0.25) is 9.36 Å². The molecular formula is C49H93N2O6P. The number of nitrogens with zero attached hydrogens (tertiary/aromatic N) is 1. The first-order valence-corrected chi connectivity index (χ1v) is 25.4. The molecule has 0 aliphatic carbocycles. The Hall–Kier alpha value is -1.54. The minimum atomic E-state index is -4.55. The lowest BCUT2D eigenvalue weighted by Crippen LogP contribution is -2.46. The van der Waals surface area contributed by atoms with Crippen LogP contribution in [-0.4, -0.2) is 68.5 Å². The monoisotopic (exact) mass is 837 g/mol. The van der Waals surface area contributed by atoms with E-state index in [0.717, 1.165) is 64.2 Å². The Balaban J connectivity index is 3.97. The molecule has 1 amide bonds. The molecule has 3 unspecified atom stereocenters. The van der Waals surface area contributed by atoms with Crippen LogP contribution in [0.25, 0.3) is 0 Å². The number of phosphoric acid groups is 1. The molecule has 0 aliphatic heterocycles. The first kappa shape index (κ1) is 56.5. The summed E-state index contributed by atoms with van der Waals surface area (Å²) in [5, 5.41) is 13.8. The van der Waals surface area contributed by atoms with Crippen molar-refractivity contribution in [3.8, 4) is 0 Å². The summed E-state index contributed by atoms with van der Waals surface area (Å²) >= 11 is 0. The number of carbonyl (C=O) groups excluding carboxylic acids is 1. The second-order valence-electron chi connectivity index (χ2n) is 17.4. The van der Waals surface area contributed by atoms with E-state index >= 15 is 0 Å². The number of aliphatic hydroxyl groups excluding tert-OH is 1. The maximum atomic E-state index is 12.8. The Morgan fingerprint density at radius 3 is 1.53 bits per heavy atom. The predicted octanol–water partition coefficient (Wildman–Crippen LogP) is 13.0. The van der Waals surface area contributed by atoms with Crippen LogP contribution >= 0.6 is 7.82 Å². The van der Waals surface area contributed by atoms with Crippen LogP contribution < -0.4 is 10.2 Å². The number of nitrogens with one attached hydrogen (secondary N) is 1.